The van der Waals surface area contributed by atoms with Crippen molar-refractivity contribution in [3.63, 3.8) is 0 Å². The Labute approximate surface area is 119 Å². The number of hydrogen-bond donors (Lipinski definition) is 0. The molecule has 0 saturated heterocycles. The van der Waals surface area contributed by atoms with Gasteiger partial charge in [-0.1, -0.05) is 31.2 Å². The molecule has 1 saturated carbocycles. The van der Waals surface area contributed by atoms with Crippen molar-refractivity contribution in [2.45, 2.75) is 32.1 Å². The third kappa shape index (κ3) is 2.31. The van der Waals surface area contributed by atoms with Crippen LogP contribution in [0.4, 0.5) is 0 Å². The first kappa shape index (κ1) is 13.2. The van der Waals surface area contributed by atoms with Gasteiger partial charge in [0.1, 0.15) is 11.5 Å². The predicted octanol–water partition coefficient (Wildman–Crippen LogP) is 4.32. The molecule has 0 bridgehead atoms. The van der Waals surface area contributed by atoms with E-state index in [0.29, 0.717) is 18.1 Å². The lowest BCUT2D eigenvalue weighted by molar-refractivity contribution is -0.122. The van der Waals surface area contributed by atoms with Crippen LogP contribution in [0.5, 0.6) is 5.75 Å². The minimum Gasteiger partial charge on any atom is -0.497 e. The maximum atomic E-state index is 12.3. The average Bonchev–Trinajstić information content (AvgIpc) is 2.48. The van der Waals surface area contributed by atoms with Crippen LogP contribution in [-0.4, -0.2) is 12.9 Å². The van der Waals surface area contributed by atoms with Crippen LogP contribution in [0.15, 0.2) is 36.4 Å². The molecule has 2 heteroatoms. The second kappa shape index (κ2) is 5.28. The summed E-state index contributed by atoms with van der Waals surface area (Å²) in [6.07, 6.45) is 2.69. The summed E-state index contributed by atoms with van der Waals surface area (Å²) < 4.78 is 5.40. The Bertz CT molecular complexity index is 645. The summed E-state index contributed by atoms with van der Waals surface area (Å²) in [5, 5.41) is 2.33. The number of ether oxygens (including phenoxy) is 1. The van der Waals surface area contributed by atoms with E-state index in [1.165, 1.54) is 5.39 Å². The highest BCUT2D eigenvalue weighted by molar-refractivity contribution is 5.95. The fourth-order valence-corrected chi connectivity index (χ4v) is 3.23. The number of ketones is 1. The minimum atomic E-state index is 0.0266. The summed E-state index contributed by atoms with van der Waals surface area (Å²) in [5.41, 5.74) is 1.14. The van der Waals surface area contributed by atoms with Gasteiger partial charge in [0.05, 0.1) is 7.11 Å². The lowest BCUT2D eigenvalue weighted by Gasteiger charge is -2.27. The number of rotatable bonds is 2. The molecule has 0 aliphatic heterocycles. The molecular weight excluding hydrogens is 248 g/mol. The van der Waals surface area contributed by atoms with Crippen molar-refractivity contribution in [1.82, 2.24) is 0 Å². The highest BCUT2D eigenvalue weighted by atomic mass is 16.5. The molecule has 1 fully saturated rings. The normalized spacial score (nSPS) is 23.0. The molecule has 1 aliphatic rings. The fourth-order valence-electron chi connectivity index (χ4n) is 3.23. The smallest absolute Gasteiger partial charge is 0.140 e. The van der Waals surface area contributed by atoms with Crippen molar-refractivity contribution < 1.29 is 9.53 Å². The van der Waals surface area contributed by atoms with Gasteiger partial charge < -0.3 is 4.74 Å². The predicted molar refractivity (Wildman–Crippen MR) is 81.3 cm³/mol. The molecule has 2 nitrogen and oxygen atoms in total. The third-order valence-electron chi connectivity index (χ3n) is 4.39. The summed E-state index contributed by atoms with van der Waals surface area (Å²) >= 11 is 0. The minimum absolute atomic E-state index is 0.0266. The monoisotopic (exact) mass is 268 g/mol. The van der Waals surface area contributed by atoms with Gasteiger partial charge in [0, 0.05) is 12.3 Å². The SMILES string of the molecule is COc1cc(C2CC(C)CCC2=O)c2ccccc2c1. The molecule has 2 unspecified atom stereocenters. The van der Waals surface area contributed by atoms with Crippen molar-refractivity contribution in [2.24, 2.45) is 5.92 Å². The third-order valence-corrected chi connectivity index (χ3v) is 4.39. The Hall–Kier alpha value is -1.83. The average molecular weight is 268 g/mol. The quantitative estimate of drug-likeness (QED) is 0.810. The van der Waals surface area contributed by atoms with Crippen molar-refractivity contribution in [3.8, 4) is 5.75 Å². The van der Waals surface area contributed by atoms with Gasteiger partial charge in [0.2, 0.25) is 0 Å². The van der Waals surface area contributed by atoms with E-state index < -0.39 is 0 Å². The molecule has 0 heterocycles. The summed E-state index contributed by atoms with van der Waals surface area (Å²) in [6.45, 7) is 2.24. The zero-order valence-corrected chi connectivity index (χ0v) is 12.1. The summed E-state index contributed by atoms with van der Waals surface area (Å²) in [6, 6.07) is 12.3. The van der Waals surface area contributed by atoms with Gasteiger partial charge in [0.15, 0.2) is 0 Å². The van der Waals surface area contributed by atoms with Crippen molar-refractivity contribution >= 4 is 16.6 Å². The highest BCUT2D eigenvalue weighted by Crippen LogP contribution is 2.38. The van der Waals surface area contributed by atoms with Crippen LogP contribution in [0.1, 0.15) is 37.7 Å². The first-order valence-electron chi connectivity index (χ1n) is 7.28. The Morgan fingerprint density at radius 2 is 2.00 bits per heavy atom. The molecule has 2 aromatic carbocycles. The van der Waals surface area contributed by atoms with Gasteiger partial charge in [-0.05, 0) is 47.2 Å². The molecular formula is C18H20O2. The topological polar surface area (TPSA) is 26.3 Å². The van der Waals surface area contributed by atoms with Crippen LogP contribution >= 0.6 is 0 Å². The zero-order chi connectivity index (χ0) is 14.1. The number of fused-ring (bicyclic) bond motifs is 1. The molecule has 104 valence electrons. The van der Waals surface area contributed by atoms with Gasteiger partial charge >= 0.3 is 0 Å². The molecule has 1 aliphatic carbocycles. The van der Waals surface area contributed by atoms with E-state index in [1.807, 2.05) is 24.3 Å². The Morgan fingerprint density at radius 3 is 2.80 bits per heavy atom. The molecule has 0 N–H and O–H groups in total. The van der Waals surface area contributed by atoms with Crippen LogP contribution in [0, 0.1) is 5.92 Å². The van der Waals surface area contributed by atoms with Crippen LogP contribution in [0.3, 0.4) is 0 Å². The van der Waals surface area contributed by atoms with Gasteiger partial charge in [-0.3, -0.25) is 4.79 Å². The van der Waals surface area contributed by atoms with Crippen LogP contribution < -0.4 is 4.74 Å². The van der Waals surface area contributed by atoms with Gasteiger partial charge in [-0.25, -0.2) is 0 Å². The Kier molecular flexibility index (Phi) is 3.47. The second-order valence-corrected chi connectivity index (χ2v) is 5.84. The Morgan fingerprint density at radius 1 is 1.20 bits per heavy atom. The first-order valence-corrected chi connectivity index (χ1v) is 7.28. The lowest BCUT2D eigenvalue weighted by Crippen LogP contribution is -2.22. The number of carbonyl (C=O) groups excluding carboxylic acids is 1. The van der Waals surface area contributed by atoms with Crippen molar-refractivity contribution in [1.29, 1.82) is 0 Å². The van der Waals surface area contributed by atoms with Crippen LogP contribution in [0.2, 0.25) is 0 Å². The zero-order valence-electron chi connectivity index (χ0n) is 12.1. The Balaban J connectivity index is 2.15. The van der Waals surface area contributed by atoms with E-state index >= 15 is 0 Å². The van der Waals surface area contributed by atoms with Crippen LogP contribution in [-0.2, 0) is 4.79 Å². The van der Waals surface area contributed by atoms with E-state index in [4.69, 9.17) is 4.74 Å². The highest BCUT2D eigenvalue weighted by Gasteiger charge is 2.29. The van der Waals surface area contributed by atoms with E-state index in [9.17, 15) is 4.79 Å². The molecule has 0 amide bonds. The maximum absolute atomic E-state index is 12.3. The summed E-state index contributed by atoms with van der Waals surface area (Å²) in [4.78, 5) is 12.3. The summed E-state index contributed by atoms with van der Waals surface area (Å²) in [5.74, 6) is 1.85. The van der Waals surface area contributed by atoms with E-state index in [0.717, 1.165) is 29.5 Å². The van der Waals surface area contributed by atoms with E-state index in [1.54, 1.807) is 7.11 Å². The van der Waals surface area contributed by atoms with Crippen molar-refractivity contribution in [2.75, 3.05) is 7.11 Å². The summed E-state index contributed by atoms with van der Waals surface area (Å²) in [7, 11) is 1.68. The lowest BCUT2D eigenvalue weighted by atomic mass is 9.76. The van der Waals surface area contributed by atoms with Gasteiger partial charge in [-0.2, -0.15) is 0 Å². The maximum Gasteiger partial charge on any atom is 0.140 e. The molecule has 2 atom stereocenters. The fraction of sp³-hybridized carbons (Fsp3) is 0.389. The molecule has 2 aromatic rings. The molecule has 0 aromatic heterocycles. The van der Waals surface area contributed by atoms with Crippen LogP contribution in [0.25, 0.3) is 10.8 Å². The van der Waals surface area contributed by atoms with E-state index in [2.05, 4.69) is 19.1 Å². The van der Waals surface area contributed by atoms with Crippen molar-refractivity contribution in [3.05, 3.63) is 42.0 Å². The second-order valence-electron chi connectivity index (χ2n) is 5.84. The first-order chi connectivity index (χ1) is 9.69. The van der Waals surface area contributed by atoms with Gasteiger partial charge in [0.25, 0.3) is 0 Å². The number of Topliss-reactive ketones (excluding diaryl/α,β-unsaturated/α-hetero) is 1. The van der Waals surface area contributed by atoms with Gasteiger partial charge in [-0.15, -0.1) is 0 Å². The largest absolute Gasteiger partial charge is 0.497 e. The molecule has 3 rings (SSSR count). The molecule has 0 radical (unpaired) electrons. The number of benzene rings is 2. The number of methoxy groups -OCH3 is 1. The van der Waals surface area contributed by atoms with E-state index in [-0.39, 0.29) is 5.92 Å². The standard InChI is InChI=1S/C18H20O2/c1-12-7-8-18(19)17(9-12)16-11-14(20-2)10-13-5-3-4-6-15(13)16/h3-6,10-12,17H,7-9H2,1-2H3. The number of hydrogen-bond acceptors (Lipinski definition) is 2. The molecule has 20 heavy (non-hydrogen) atoms. The number of carbonyl (C=O) groups is 1. The molecule has 0 spiro atoms.